The van der Waals surface area contributed by atoms with Crippen molar-refractivity contribution in [2.24, 2.45) is 10.7 Å². The first-order chi connectivity index (χ1) is 15.8. The number of carbonyl (C=O) groups excluding carboxylic acids is 1. The van der Waals surface area contributed by atoms with Crippen LogP contribution in [0.2, 0.25) is 0 Å². The van der Waals surface area contributed by atoms with Crippen molar-refractivity contribution in [3.05, 3.63) is 94.8 Å². The summed E-state index contributed by atoms with van der Waals surface area (Å²) in [7, 11) is 4.01. The minimum Gasteiger partial charge on any atom is -0.494 e. The van der Waals surface area contributed by atoms with Gasteiger partial charge in [0, 0.05) is 17.5 Å². The van der Waals surface area contributed by atoms with E-state index in [4.69, 9.17) is 10.7 Å². The Labute approximate surface area is 191 Å². The molecule has 0 saturated heterocycles. The monoisotopic (exact) mass is 444 g/mol. The molecule has 168 valence electrons. The molecule has 33 heavy (non-hydrogen) atoms. The lowest BCUT2D eigenvalue weighted by atomic mass is 9.98. The second kappa shape index (κ2) is 9.26. The van der Waals surface area contributed by atoms with Crippen LogP contribution >= 0.6 is 0 Å². The molecule has 1 amide bonds. The zero-order chi connectivity index (χ0) is 23.5. The molecule has 1 heterocycles. The summed E-state index contributed by atoms with van der Waals surface area (Å²) < 4.78 is 13.8. The highest BCUT2D eigenvalue weighted by molar-refractivity contribution is 6.22. The largest absolute Gasteiger partial charge is 0.494 e. The number of rotatable bonds is 7. The fourth-order valence-electron chi connectivity index (χ4n) is 3.86. The van der Waals surface area contributed by atoms with Gasteiger partial charge in [-0.25, -0.2) is 9.38 Å². The van der Waals surface area contributed by atoms with Crippen molar-refractivity contribution in [1.82, 2.24) is 9.88 Å². The number of aromatic amines is 1. The van der Waals surface area contributed by atoms with Crippen molar-refractivity contribution in [3.63, 3.8) is 0 Å². The third kappa shape index (κ3) is 5.10. The van der Waals surface area contributed by atoms with E-state index in [-0.39, 0.29) is 12.3 Å². The summed E-state index contributed by atoms with van der Waals surface area (Å²) in [6.45, 7) is 0.806. The zero-order valence-corrected chi connectivity index (χ0v) is 18.5. The van der Waals surface area contributed by atoms with Gasteiger partial charge in [0.05, 0.1) is 28.9 Å². The summed E-state index contributed by atoms with van der Waals surface area (Å²) in [5, 5.41) is 11.4. The molecule has 6 nitrogen and oxygen atoms in total. The SMILES string of the molecule is CN(C)Cc1ccc(N=C(c2cccc(CC(N)=O)c2)c2c(O)[nH]c3cc(F)ccc23)cc1. The van der Waals surface area contributed by atoms with E-state index in [1.165, 1.54) is 12.1 Å². The second-order valence-corrected chi connectivity index (χ2v) is 8.25. The smallest absolute Gasteiger partial charge is 0.221 e. The van der Waals surface area contributed by atoms with Gasteiger partial charge in [0.1, 0.15) is 5.82 Å². The van der Waals surface area contributed by atoms with Crippen LogP contribution in [-0.4, -0.2) is 40.7 Å². The van der Waals surface area contributed by atoms with E-state index in [9.17, 15) is 14.3 Å². The van der Waals surface area contributed by atoms with Gasteiger partial charge in [-0.2, -0.15) is 0 Å². The van der Waals surface area contributed by atoms with Crippen LogP contribution in [0.3, 0.4) is 0 Å². The zero-order valence-electron chi connectivity index (χ0n) is 18.5. The Hall–Kier alpha value is -3.97. The summed E-state index contributed by atoms with van der Waals surface area (Å²) in [6.07, 6.45) is 0.0887. The number of benzene rings is 3. The molecular weight excluding hydrogens is 419 g/mol. The van der Waals surface area contributed by atoms with Crippen molar-refractivity contribution in [2.75, 3.05) is 14.1 Å². The minimum atomic E-state index is -0.437. The second-order valence-electron chi connectivity index (χ2n) is 8.25. The van der Waals surface area contributed by atoms with E-state index in [1.807, 2.05) is 62.6 Å². The van der Waals surface area contributed by atoms with Gasteiger partial charge in [0.25, 0.3) is 0 Å². The first kappa shape index (κ1) is 22.2. The number of nitrogens with two attached hydrogens (primary N) is 1. The predicted molar refractivity (Wildman–Crippen MR) is 128 cm³/mol. The number of aromatic nitrogens is 1. The Balaban J connectivity index is 1.88. The number of hydrogen-bond acceptors (Lipinski definition) is 4. The molecule has 0 fully saturated rings. The Morgan fingerprint density at radius 3 is 2.52 bits per heavy atom. The lowest BCUT2D eigenvalue weighted by Crippen LogP contribution is -2.14. The van der Waals surface area contributed by atoms with Crippen LogP contribution in [0.25, 0.3) is 10.9 Å². The normalized spacial score (nSPS) is 11.9. The van der Waals surface area contributed by atoms with Crippen molar-refractivity contribution in [3.8, 4) is 5.88 Å². The van der Waals surface area contributed by atoms with Crippen molar-refractivity contribution in [1.29, 1.82) is 0 Å². The summed E-state index contributed by atoms with van der Waals surface area (Å²) in [6, 6.07) is 19.4. The van der Waals surface area contributed by atoms with Gasteiger partial charge in [-0.15, -0.1) is 0 Å². The van der Waals surface area contributed by atoms with Gasteiger partial charge < -0.3 is 20.7 Å². The Bertz CT molecular complexity index is 1340. The number of nitrogens with one attached hydrogen (secondary N) is 1. The van der Waals surface area contributed by atoms with E-state index in [2.05, 4.69) is 9.88 Å². The van der Waals surface area contributed by atoms with Gasteiger partial charge in [-0.1, -0.05) is 30.3 Å². The van der Waals surface area contributed by atoms with E-state index in [1.54, 1.807) is 6.07 Å². The van der Waals surface area contributed by atoms with Crippen molar-refractivity contribution < 1.29 is 14.3 Å². The molecule has 0 spiro atoms. The van der Waals surface area contributed by atoms with Gasteiger partial charge in [0.15, 0.2) is 5.88 Å². The number of carbonyl (C=O) groups is 1. The quantitative estimate of drug-likeness (QED) is 0.372. The third-order valence-electron chi connectivity index (χ3n) is 5.23. The molecule has 1 aromatic heterocycles. The average Bonchev–Trinajstić information content (AvgIpc) is 3.07. The maximum absolute atomic E-state index is 13.8. The number of H-pyrrole nitrogens is 1. The fraction of sp³-hybridized carbons (Fsp3) is 0.154. The molecule has 7 heteroatoms. The molecule has 0 aliphatic carbocycles. The number of halogens is 1. The third-order valence-corrected chi connectivity index (χ3v) is 5.23. The summed E-state index contributed by atoms with van der Waals surface area (Å²) in [5.74, 6) is -0.958. The molecule has 0 aliphatic heterocycles. The number of nitrogens with zero attached hydrogens (tertiary/aromatic N) is 2. The lowest BCUT2D eigenvalue weighted by molar-refractivity contribution is -0.117. The van der Waals surface area contributed by atoms with Crippen LogP contribution in [0.5, 0.6) is 5.88 Å². The maximum Gasteiger partial charge on any atom is 0.221 e. The Kier molecular flexibility index (Phi) is 6.24. The molecule has 0 atom stereocenters. The highest BCUT2D eigenvalue weighted by Crippen LogP contribution is 2.32. The van der Waals surface area contributed by atoms with E-state index >= 15 is 0 Å². The molecule has 0 aliphatic rings. The number of fused-ring (bicyclic) bond motifs is 1. The molecule has 4 N–H and O–H groups in total. The first-order valence-electron chi connectivity index (χ1n) is 10.5. The average molecular weight is 445 g/mol. The number of primary amides is 1. The van der Waals surface area contributed by atoms with Gasteiger partial charge >= 0.3 is 0 Å². The van der Waals surface area contributed by atoms with Crippen molar-refractivity contribution in [2.45, 2.75) is 13.0 Å². The number of hydrogen-bond donors (Lipinski definition) is 3. The molecule has 0 bridgehead atoms. The van der Waals surface area contributed by atoms with Crippen molar-refractivity contribution >= 4 is 28.2 Å². The van der Waals surface area contributed by atoms with Crippen LogP contribution in [0.1, 0.15) is 22.3 Å². The predicted octanol–water partition coefficient (Wildman–Crippen LogP) is 4.27. The number of amides is 1. The van der Waals surface area contributed by atoms with Gasteiger partial charge in [-0.3, -0.25) is 4.79 Å². The fourth-order valence-corrected chi connectivity index (χ4v) is 3.86. The lowest BCUT2D eigenvalue weighted by Gasteiger charge is -2.11. The van der Waals surface area contributed by atoms with Crippen LogP contribution in [-0.2, 0) is 17.8 Å². The Morgan fingerprint density at radius 1 is 1.06 bits per heavy atom. The highest BCUT2D eigenvalue weighted by Gasteiger charge is 2.19. The van der Waals surface area contributed by atoms with E-state index < -0.39 is 11.7 Å². The number of aliphatic imine (C=N–C) groups is 1. The summed E-state index contributed by atoms with van der Waals surface area (Å²) >= 11 is 0. The maximum atomic E-state index is 13.8. The Morgan fingerprint density at radius 2 is 1.82 bits per heavy atom. The van der Waals surface area contributed by atoms with Gasteiger partial charge in [-0.05, 0) is 61.6 Å². The van der Waals surface area contributed by atoms with Crippen LogP contribution in [0, 0.1) is 5.82 Å². The molecule has 4 aromatic rings. The molecule has 0 saturated carbocycles. The standard InChI is InChI=1S/C26H25FN4O2/c1-31(2)15-16-6-9-20(10-7-16)29-25(18-5-3-4-17(12-18)13-23(28)32)24-21-11-8-19(27)14-22(21)30-26(24)33/h3-12,14,30,33H,13,15H2,1-2H3,(H2,28,32). The molecule has 0 radical (unpaired) electrons. The highest BCUT2D eigenvalue weighted by atomic mass is 19.1. The summed E-state index contributed by atoms with van der Waals surface area (Å²) in [5.41, 5.74) is 10.1. The van der Waals surface area contributed by atoms with E-state index in [0.717, 1.165) is 17.7 Å². The van der Waals surface area contributed by atoms with E-state index in [0.29, 0.717) is 33.4 Å². The topological polar surface area (TPSA) is 94.7 Å². The van der Waals surface area contributed by atoms with Crippen LogP contribution in [0.15, 0.2) is 71.7 Å². The van der Waals surface area contributed by atoms with Crippen LogP contribution in [0.4, 0.5) is 10.1 Å². The summed E-state index contributed by atoms with van der Waals surface area (Å²) in [4.78, 5) is 21.2. The minimum absolute atomic E-state index is 0.0887. The molecule has 4 rings (SSSR count). The van der Waals surface area contributed by atoms with Crippen LogP contribution < -0.4 is 5.73 Å². The first-order valence-corrected chi connectivity index (χ1v) is 10.5. The van der Waals surface area contributed by atoms with Gasteiger partial charge in [0.2, 0.25) is 5.91 Å². The molecular formula is C26H25FN4O2. The molecule has 3 aromatic carbocycles. The molecule has 0 unspecified atom stereocenters. The number of aromatic hydroxyl groups is 1.